The molecule has 1 unspecified atom stereocenters. The first kappa shape index (κ1) is 15.1. The lowest BCUT2D eigenvalue weighted by Gasteiger charge is -2.19. The van der Waals surface area contributed by atoms with Crippen molar-refractivity contribution in [2.75, 3.05) is 18.6 Å². The quantitative estimate of drug-likeness (QED) is 0.856. The van der Waals surface area contributed by atoms with Crippen molar-refractivity contribution in [2.24, 2.45) is 0 Å². The minimum atomic E-state index is -2.93. The van der Waals surface area contributed by atoms with Gasteiger partial charge in [0.15, 0.2) is 0 Å². The van der Waals surface area contributed by atoms with Gasteiger partial charge in [0.25, 0.3) is 0 Å². The SMILES string of the molecule is CCNC(CCS(C)(=O)=O)c1ncc(C)cc1C. The van der Waals surface area contributed by atoms with Crippen molar-refractivity contribution < 1.29 is 8.42 Å². The molecule has 0 aromatic carbocycles. The van der Waals surface area contributed by atoms with Crippen LogP contribution in [0.15, 0.2) is 12.3 Å². The van der Waals surface area contributed by atoms with Crippen LogP contribution < -0.4 is 5.32 Å². The molecule has 0 aliphatic heterocycles. The molecule has 1 aromatic rings. The molecule has 5 heteroatoms. The molecule has 1 heterocycles. The number of aromatic nitrogens is 1. The molecule has 0 aliphatic carbocycles. The molecule has 0 saturated heterocycles. The molecular formula is C13H22N2O2S. The Morgan fingerprint density at radius 2 is 2.06 bits per heavy atom. The molecule has 0 saturated carbocycles. The van der Waals surface area contributed by atoms with Crippen molar-refractivity contribution >= 4 is 9.84 Å². The van der Waals surface area contributed by atoms with E-state index in [9.17, 15) is 8.42 Å². The number of aryl methyl sites for hydroxylation is 2. The standard InChI is InChI=1S/C13H22N2O2S/c1-5-14-12(6-7-18(4,16)17)13-11(3)8-10(2)9-15-13/h8-9,12,14H,5-7H2,1-4H3. The van der Waals surface area contributed by atoms with Gasteiger partial charge in [-0.15, -0.1) is 0 Å². The molecule has 0 bridgehead atoms. The lowest BCUT2D eigenvalue weighted by molar-refractivity contribution is 0.516. The Morgan fingerprint density at radius 3 is 2.56 bits per heavy atom. The monoisotopic (exact) mass is 270 g/mol. The number of pyridine rings is 1. The zero-order valence-electron chi connectivity index (χ0n) is 11.5. The van der Waals surface area contributed by atoms with Crippen LogP contribution in [0, 0.1) is 13.8 Å². The Balaban J connectivity index is 2.90. The largest absolute Gasteiger partial charge is 0.309 e. The van der Waals surface area contributed by atoms with Crippen molar-refractivity contribution in [3.8, 4) is 0 Å². The summed E-state index contributed by atoms with van der Waals surface area (Å²) in [4.78, 5) is 4.44. The summed E-state index contributed by atoms with van der Waals surface area (Å²) in [6.45, 7) is 6.82. The highest BCUT2D eigenvalue weighted by atomic mass is 32.2. The zero-order chi connectivity index (χ0) is 13.8. The maximum atomic E-state index is 11.3. The lowest BCUT2D eigenvalue weighted by Crippen LogP contribution is -2.25. The summed E-state index contributed by atoms with van der Waals surface area (Å²) < 4.78 is 22.5. The fourth-order valence-electron chi connectivity index (χ4n) is 2.00. The van der Waals surface area contributed by atoms with Gasteiger partial charge in [-0.3, -0.25) is 4.98 Å². The first-order chi connectivity index (χ1) is 8.33. The summed E-state index contributed by atoms with van der Waals surface area (Å²) >= 11 is 0. The third kappa shape index (κ3) is 4.74. The van der Waals surface area contributed by atoms with Crippen LogP contribution in [0.2, 0.25) is 0 Å². The molecule has 1 rings (SSSR count). The number of hydrogen-bond donors (Lipinski definition) is 1. The van der Waals surface area contributed by atoms with Gasteiger partial charge in [0, 0.05) is 12.5 Å². The van der Waals surface area contributed by atoms with E-state index in [1.807, 2.05) is 27.0 Å². The summed E-state index contributed by atoms with van der Waals surface area (Å²) in [5.74, 6) is 0.180. The molecule has 0 fully saturated rings. The van der Waals surface area contributed by atoms with E-state index >= 15 is 0 Å². The minimum absolute atomic E-state index is 0.00493. The number of nitrogens with zero attached hydrogens (tertiary/aromatic N) is 1. The Hall–Kier alpha value is -0.940. The van der Waals surface area contributed by atoms with Gasteiger partial charge in [0.2, 0.25) is 0 Å². The predicted molar refractivity (Wildman–Crippen MR) is 74.5 cm³/mol. The summed E-state index contributed by atoms with van der Waals surface area (Å²) in [5.41, 5.74) is 3.18. The molecule has 1 aromatic heterocycles. The normalized spacial score (nSPS) is 13.6. The number of rotatable bonds is 6. The molecule has 0 aliphatic rings. The van der Waals surface area contributed by atoms with Crippen LogP contribution in [0.25, 0.3) is 0 Å². The zero-order valence-corrected chi connectivity index (χ0v) is 12.3. The Labute approximate surface area is 110 Å². The van der Waals surface area contributed by atoms with E-state index in [0.29, 0.717) is 6.42 Å². The maximum absolute atomic E-state index is 11.3. The molecule has 4 nitrogen and oxygen atoms in total. The Bertz CT molecular complexity index is 498. The van der Waals surface area contributed by atoms with Crippen LogP contribution in [-0.4, -0.2) is 32.0 Å². The van der Waals surface area contributed by atoms with Crippen LogP contribution in [0.4, 0.5) is 0 Å². The average molecular weight is 270 g/mol. The van der Waals surface area contributed by atoms with E-state index in [1.54, 1.807) is 0 Å². The summed E-state index contributed by atoms with van der Waals surface area (Å²) in [6, 6.07) is 2.08. The highest BCUT2D eigenvalue weighted by Gasteiger charge is 2.16. The highest BCUT2D eigenvalue weighted by Crippen LogP contribution is 2.19. The second-order valence-corrected chi connectivity index (χ2v) is 7.00. The third-order valence-electron chi connectivity index (χ3n) is 2.81. The molecule has 0 radical (unpaired) electrons. The summed E-state index contributed by atoms with van der Waals surface area (Å²) in [7, 11) is -2.93. The Morgan fingerprint density at radius 1 is 1.39 bits per heavy atom. The van der Waals surface area contributed by atoms with Crippen molar-refractivity contribution in [2.45, 2.75) is 33.2 Å². The second kappa shape index (κ2) is 6.29. The fraction of sp³-hybridized carbons (Fsp3) is 0.615. The van der Waals surface area contributed by atoms with Gasteiger partial charge < -0.3 is 5.32 Å². The van der Waals surface area contributed by atoms with Crippen molar-refractivity contribution in [3.63, 3.8) is 0 Å². The Kier molecular flexibility index (Phi) is 5.28. The van der Waals surface area contributed by atoms with E-state index in [2.05, 4.69) is 16.4 Å². The third-order valence-corrected chi connectivity index (χ3v) is 3.79. The van der Waals surface area contributed by atoms with Gasteiger partial charge >= 0.3 is 0 Å². The minimum Gasteiger partial charge on any atom is -0.309 e. The molecule has 1 atom stereocenters. The summed E-state index contributed by atoms with van der Waals surface area (Å²) in [5, 5.41) is 3.30. The van der Waals surface area contributed by atoms with Crippen LogP contribution >= 0.6 is 0 Å². The van der Waals surface area contributed by atoms with Crippen LogP contribution in [0.1, 0.15) is 36.2 Å². The van der Waals surface area contributed by atoms with Gasteiger partial charge in [-0.2, -0.15) is 0 Å². The lowest BCUT2D eigenvalue weighted by atomic mass is 10.0. The van der Waals surface area contributed by atoms with Crippen molar-refractivity contribution in [1.29, 1.82) is 0 Å². The van der Waals surface area contributed by atoms with E-state index in [4.69, 9.17) is 0 Å². The average Bonchev–Trinajstić information content (AvgIpc) is 2.24. The van der Waals surface area contributed by atoms with Crippen LogP contribution in [0.5, 0.6) is 0 Å². The van der Waals surface area contributed by atoms with Crippen molar-refractivity contribution in [3.05, 3.63) is 29.1 Å². The van der Waals surface area contributed by atoms with Gasteiger partial charge in [-0.1, -0.05) is 13.0 Å². The number of nitrogens with one attached hydrogen (secondary N) is 1. The van der Waals surface area contributed by atoms with Gasteiger partial charge in [-0.25, -0.2) is 8.42 Å². The highest BCUT2D eigenvalue weighted by molar-refractivity contribution is 7.90. The van der Waals surface area contributed by atoms with Crippen molar-refractivity contribution in [1.82, 2.24) is 10.3 Å². The number of sulfone groups is 1. The van der Waals surface area contributed by atoms with E-state index in [0.717, 1.165) is 23.4 Å². The molecular weight excluding hydrogens is 248 g/mol. The molecule has 18 heavy (non-hydrogen) atoms. The van der Waals surface area contributed by atoms with E-state index in [-0.39, 0.29) is 11.8 Å². The fourth-order valence-corrected chi connectivity index (χ4v) is 2.67. The predicted octanol–water partition coefficient (Wildman–Crippen LogP) is 1.78. The maximum Gasteiger partial charge on any atom is 0.147 e. The second-order valence-electron chi connectivity index (χ2n) is 4.74. The number of hydrogen-bond acceptors (Lipinski definition) is 4. The van der Waals surface area contributed by atoms with Gasteiger partial charge in [0.1, 0.15) is 9.84 Å². The first-order valence-electron chi connectivity index (χ1n) is 6.17. The smallest absolute Gasteiger partial charge is 0.147 e. The van der Waals surface area contributed by atoms with Crippen LogP contribution in [0.3, 0.4) is 0 Å². The van der Waals surface area contributed by atoms with Gasteiger partial charge in [0.05, 0.1) is 17.5 Å². The van der Waals surface area contributed by atoms with Crippen LogP contribution in [-0.2, 0) is 9.84 Å². The molecule has 0 spiro atoms. The van der Waals surface area contributed by atoms with E-state index in [1.165, 1.54) is 6.26 Å². The first-order valence-corrected chi connectivity index (χ1v) is 8.23. The topological polar surface area (TPSA) is 59.1 Å². The molecule has 0 amide bonds. The molecule has 102 valence electrons. The van der Waals surface area contributed by atoms with E-state index < -0.39 is 9.84 Å². The molecule has 1 N–H and O–H groups in total. The van der Waals surface area contributed by atoms with Gasteiger partial charge in [-0.05, 0) is 37.9 Å². The summed E-state index contributed by atoms with van der Waals surface area (Å²) in [6.07, 6.45) is 3.65.